The average Bonchev–Trinajstić information content (AvgIpc) is 2.45. The van der Waals surface area contributed by atoms with Crippen molar-refractivity contribution in [1.82, 2.24) is 10.2 Å². The molecule has 1 heterocycles. The molecule has 0 spiro atoms. The van der Waals surface area contributed by atoms with Crippen LogP contribution in [0.3, 0.4) is 0 Å². The van der Waals surface area contributed by atoms with Crippen LogP contribution in [0.25, 0.3) is 0 Å². The van der Waals surface area contributed by atoms with Gasteiger partial charge in [0.05, 0.1) is 6.61 Å². The van der Waals surface area contributed by atoms with E-state index in [0.717, 1.165) is 43.0 Å². The molecule has 0 bridgehead atoms. The fraction of sp³-hybridized carbons (Fsp3) is 0.625. The number of rotatable bonds is 7. The summed E-state index contributed by atoms with van der Waals surface area (Å²) in [6.07, 6.45) is 0. The summed E-state index contributed by atoms with van der Waals surface area (Å²) in [5.41, 5.74) is 1.23. The molecule has 1 aromatic rings. The quantitative estimate of drug-likeness (QED) is 0.761. The third-order valence-corrected chi connectivity index (χ3v) is 4.05. The molecule has 0 aliphatic carbocycles. The Morgan fingerprint density at radius 3 is 3.00 bits per heavy atom. The van der Waals surface area contributed by atoms with Crippen LogP contribution in [0.2, 0.25) is 0 Å². The molecule has 1 saturated heterocycles. The van der Waals surface area contributed by atoms with Crippen LogP contribution in [-0.4, -0.2) is 50.4 Å². The number of ether oxygens (including phenoxy) is 2. The Balaban J connectivity index is 1.97. The Kier molecular flexibility index (Phi) is 6.96. The second-order valence-corrected chi connectivity index (χ2v) is 6.30. The molecule has 1 aliphatic heterocycles. The zero-order chi connectivity index (χ0) is 15.1. The molecule has 1 fully saturated rings. The average molecular weight is 357 g/mol. The molecule has 1 unspecified atom stereocenters. The zero-order valence-corrected chi connectivity index (χ0v) is 14.5. The maximum atomic E-state index is 5.87. The van der Waals surface area contributed by atoms with Crippen molar-refractivity contribution in [3.05, 3.63) is 28.2 Å². The van der Waals surface area contributed by atoms with Crippen molar-refractivity contribution in [2.45, 2.75) is 26.4 Å². The number of halogens is 1. The number of piperazine rings is 1. The van der Waals surface area contributed by atoms with Crippen molar-refractivity contribution in [2.75, 3.05) is 39.5 Å². The van der Waals surface area contributed by atoms with E-state index in [4.69, 9.17) is 9.47 Å². The van der Waals surface area contributed by atoms with Gasteiger partial charge in [-0.1, -0.05) is 15.9 Å². The van der Waals surface area contributed by atoms with E-state index in [2.05, 4.69) is 39.1 Å². The highest BCUT2D eigenvalue weighted by atomic mass is 79.9. The van der Waals surface area contributed by atoms with Crippen LogP contribution in [0.5, 0.6) is 5.75 Å². The topological polar surface area (TPSA) is 33.7 Å². The van der Waals surface area contributed by atoms with Crippen LogP contribution in [-0.2, 0) is 11.3 Å². The normalized spacial score (nSPS) is 19.7. The molecule has 4 nitrogen and oxygen atoms in total. The first kappa shape index (κ1) is 16.7. The number of hydrogen-bond donors (Lipinski definition) is 1. The molecule has 21 heavy (non-hydrogen) atoms. The molecule has 1 atom stereocenters. The monoisotopic (exact) mass is 356 g/mol. The third kappa shape index (κ3) is 5.58. The zero-order valence-electron chi connectivity index (χ0n) is 12.9. The Labute approximate surface area is 135 Å². The van der Waals surface area contributed by atoms with Gasteiger partial charge in [0.1, 0.15) is 12.4 Å². The summed E-state index contributed by atoms with van der Waals surface area (Å²) in [6.45, 7) is 10.3. The Morgan fingerprint density at radius 2 is 2.24 bits per heavy atom. The minimum absolute atomic E-state index is 0.549. The molecular weight excluding hydrogens is 332 g/mol. The lowest BCUT2D eigenvalue weighted by Gasteiger charge is -2.32. The van der Waals surface area contributed by atoms with Gasteiger partial charge in [-0.3, -0.25) is 4.90 Å². The highest BCUT2D eigenvalue weighted by Crippen LogP contribution is 2.25. The highest BCUT2D eigenvalue weighted by molar-refractivity contribution is 9.10. The van der Waals surface area contributed by atoms with E-state index >= 15 is 0 Å². The van der Waals surface area contributed by atoms with Crippen LogP contribution < -0.4 is 10.1 Å². The van der Waals surface area contributed by atoms with Crippen molar-refractivity contribution in [3.8, 4) is 5.75 Å². The molecule has 0 amide bonds. The molecule has 1 aromatic carbocycles. The number of benzene rings is 1. The first-order valence-electron chi connectivity index (χ1n) is 7.63. The van der Waals surface area contributed by atoms with Crippen LogP contribution in [0.1, 0.15) is 19.4 Å². The molecule has 0 aromatic heterocycles. The lowest BCUT2D eigenvalue weighted by molar-refractivity contribution is 0.109. The molecule has 5 heteroatoms. The first-order chi connectivity index (χ1) is 10.2. The summed E-state index contributed by atoms with van der Waals surface area (Å²) in [7, 11) is 0. The van der Waals surface area contributed by atoms with Crippen LogP contribution in [0.15, 0.2) is 22.7 Å². The fourth-order valence-corrected chi connectivity index (χ4v) is 2.97. The Hall–Kier alpha value is -0.620. The van der Waals surface area contributed by atoms with Gasteiger partial charge in [-0.05, 0) is 32.0 Å². The van der Waals surface area contributed by atoms with E-state index in [1.807, 2.05) is 19.1 Å². The summed E-state index contributed by atoms with van der Waals surface area (Å²) >= 11 is 3.55. The lowest BCUT2D eigenvalue weighted by Crippen LogP contribution is -2.48. The molecule has 1 N–H and O–H groups in total. The summed E-state index contributed by atoms with van der Waals surface area (Å²) < 4.78 is 12.3. The molecule has 0 saturated carbocycles. The van der Waals surface area contributed by atoms with Crippen molar-refractivity contribution >= 4 is 15.9 Å². The van der Waals surface area contributed by atoms with Crippen LogP contribution >= 0.6 is 15.9 Å². The van der Waals surface area contributed by atoms with E-state index < -0.39 is 0 Å². The van der Waals surface area contributed by atoms with Gasteiger partial charge in [-0.25, -0.2) is 0 Å². The van der Waals surface area contributed by atoms with E-state index in [0.29, 0.717) is 19.3 Å². The predicted octanol–water partition coefficient (Wildman–Crippen LogP) is 2.66. The largest absolute Gasteiger partial charge is 0.491 e. The van der Waals surface area contributed by atoms with Gasteiger partial charge in [0.2, 0.25) is 0 Å². The molecule has 2 rings (SSSR count). The van der Waals surface area contributed by atoms with Gasteiger partial charge in [0.15, 0.2) is 0 Å². The second-order valence-electron chi connectivity index (χ2n) is 5.39. The van der Waals surface area contributed by atoms with Crippen molar-refractivity contribution in [1.29, 1.82) is 0 Å². The fourth-order valence-electron chi connectivity index (χ4n) is 2.56. The Bertz CT molecular complexity index is 442. The van der Waals surface area contributed by atoms with Gasteiger partial charge >= 0.3 is 0 Å². The molecule has 118 valence electrons. The van der Waals surface area contributed by atoms with Gasteiger partial charge < -0.3 is 14.8 Å². The lowest BCUT2D eigenvalue weighted by atomic mass is 10.1. The van der Waals surface area contributed by atoms with Gasteiger partial charge in [-0.15, -0.1) is 0 Å². The smallest absolute Gasteiger partial charge is 0.123 e. The summed E-state index contributed by atoms with van der Waals surface area (Å²) in [4.78, 5) is 2.47. The standard InChI is InChI=1S/C16H25BrN2O2/c1-3-20-8-9-21-16-5-4-15(17)10-14(16)12-19-7-6-18-13(2)11-19/h4-5,10,13,18H,3,6-9,11-12H2,1-2H3. The first-order valence-corrected chi connectivity index (χ1v) is 8.43. The SMILES string of the molecule is CCOCCOc1ccc(Br)cc1CN1CCNC(C)C1. The van der Waals surface area contributed by atoms with Gasteiger partial charge in [0, 0.05) is 48.9 Å². The Morgan fingerprint density at radius 1 is 1.38 bits per heavy atom. The highest BCUT2D eigenvalue weighted by Gasteiger charge is 2.17. The van der Waals surface area contributed by atoms with Gasteiger partial charge in [0.25, 0.3) is 0 Å². The maximum Gasteiger partial charge on any atom is 0.123 e. The summed E-state index contributed by atoms with van der Waals surface area (Å²) in [5.74, 6) is 0.962. The molecule has 0 radical (unpaired) electrons. The van der Waals surface area contributed by atoms with Crippen molar-refractivity contribution in [2.24, 2.45) is 0 Å². The van der Waals surface area contributed by atoms with E-state index in [-0.39, 0.29) is 0 Å². The summed E-state index contributed by atoms with van der Waals surface area (Å²) in [5, 5.41) is 3.47. The van der Waals surface area contributed by atoms with Crippen molar-refractivity contribution < 1.29 is 9.47 Å². The van der Waals surface area contributed by atoms with E-state index in [9.17, 15) is 0 Å². The third-order valence-electron chi connectivity index (χ3n) is 3.56. The van der Waals surface area contributed by atoms with Crippen LogP contribution in [0.4, 0.5) is 0 Å². The van der Waals surface area contributed by atoms with Crippen LogP contribution in [0, 0.1) is 0 Å². The second kappa shape index (κ2) is 8.73. The number of nitrogens with one attached hydrogen (secondary N) is 1. The summed E-state index contributed by atoms with van der Waals surface area (Å²) in [6, 6.07) is 6.77. The van der Waals surface area contributed by atoms with Gasteiger partial charge in [-0.2, -0.15) is 0 Å². The van der Waals surface area contributed by atoms with E-state index in [1.165, 1.54) is 5.56 Å². The molecule has 1 aliphatic rings. The number of nitrogens with zero attached hydrogens (tertiary/aromatic N) is 1. The minimum Gasteiger partial charge on any atom is -0.491 e. The van der Waals surface area contributed by atoms with Crippen molar-refractivity contribution in [3.63, 3.8) is 0 Å². The minimum atomic E-state index is 0.549. The maximum absolute atomic E-state index is 5.87. The number of hydrogen-bond acceptors (Lipinski definition) is 4. The van der Waals surface area contributed by atoms with E-state index in [1.54, 1.807) is 0 Å². The molecular formula is C16H25BrN2O2. The predicted molar refractivity (Wildman–Crippen MR) is 88.9 cm³/mol.